The van der Waals surface area contributed by atoms with Gasteiger partial charge in [0, 0.05) is 0 Å². The Labute approximate surface area is 95.0 Å². The lowest BCUT2D eigenvalue weighted by Crippen LogP contribution is -2.02. The predicted molar refractivity (Wildman–Crippen MR) is 61.0 cm³/mol. The maximum absolute atomic E-state index is 10.8. The van der Waals surface area contributed by atoms with E-state index in [2.05, 4.69) is 0 Å². The van der Waals surface area contributed by atoms with Crippen LogP contribution in [0.3, 0.4) is 0 Å². The van der Waals surface area contributed by atoms with E-state index in [1.54, 1.807) is 18.2 Å². The summed E-state index contributed by atoms with van der Waals surface area (Å²) in [6.07, 6.45) is 3.71. The van der Waals surface area contributed by atoms with Gasteiger partial charge in [0.2, 0.25) is 0 Å². The van der Waals surface area contributed by atoms with Gasteiger partial charge in [0.25, 0.3) is 0 Å². The van der Waals surface area contributed by atoms with Crippen molar-refractivity contribution in [3.63, 3.8) is 0 Å². The minimum Gasteiger partial charge on any atom is -0.493 e. The second-order valence-electron chi connectivity index (χ2n) is 4.37. The first kappa shape index (κ1) is 11.0. The van der Waals surface area contributed by atoms with E-state index in [1.807, 2.05) is 6.92 Å². The molecule has 1 aliphatic carbocycles. The first-order chi connectivity index (χ1) is 7.66. The molecule has 3 heteroatoms. The highest BCUT2D eigenvalue weighted by molar-refractivity contribution is 5.88. The summed E-state index contributed by atoms with van der Waals surface area (Å²) in [6, 6.07) is 4.99. The topological polar surface area (TPSA) is 46.5 Å². The molecule has 2 rings (SSSR count). The third kappa shape index (κ3) is 2.75. The molecule has 0 heterocycles. The van der Waals surface area contributed by atoms with E-state index in [0.29, 0.717) is 12.4 Å². The van der Waals surface area contributed by atoms with Crippen molar-refractivity contribution in [2.45, 2.75) is 26.2 Å². The second-order valence-corrected chi connectivity index (χ2v) is 4.37. The molecule has 1 aromatic carbocycles. The van der Waals surface area contributed by atoms with Crippen LogP contribution < -0.4 is 4.74 Å². The van der Waals surface area contributed by atoms with E-state index in [-0.39, 0.29) is 5.56 Å². The van der Waals surface area contributed by atoms with Gasteiger partial charge in [0.05, 0.1) is 12.2 Å². The molecule has 0 radical (unpaired) electrons. The molecule has 1 saturated carbocycles. The Hall–Kier alpha value is -1.51. The fraction of sp³-hybridized carbons (Fsp3) is 0.462. The number of rotatable bonds is 5. The molecular formula is C13H16O3. The molecule has 86 valence electrons. The van der Waals surface area contributed by atoms with Crippen molar-refractivity contribution in [3.05, 3.63) is 29.3 Å². The number of hydrogen-bond acceptors (Lipinski definition) is 2. The van der Waals surface area contributed by atoms with Crippen molar-refractivity contribution >= 4 is 5.97 Å². The number of carboxylic acid groups (broad SMARTS) is 1. The maximum atomic E-state index is 10.8. The van der Waals surface area contributed by atoms with Crippen LogP contribution in [0.25, 0.3) is 0 Å². The van der Waals surface area contributed by atoms with Gasteiger partial charge in [-0.1, -0.05) is 18.9 Å². The summed E-state index contributed by atoms with van der Waals surface area (Å²) < 4.78 is 5.62. The van der Waals surface area contributed by atoms with E-state index in [4.69, 9.17) is 9.84 Å². The Balaban J connectivity index is 1.99. The fourth-order valence-corrected chi connectivity index (χ4v) is 1.63. The van der Waals surface area contributed by atoms with Crippen LogP contribution in [0.1, 0.15) is 35.2 Å². The van der Waals surface area contributed by atoms with Gasteiger partial charge >= 0.3 is 5.97 Å². The normalized spacial score (nSPS) is 14.8. The Morgan fingerprint density at radius 1 is 1.50 bits per heavy atom. The van der Waals surface area contributed by atoms with Crippen molar-refractivity contribution in [3.8, 4) is 5.75 Å². The third-order valence-corrected chi connectivity index (χ3v) is 2.92. The number of aryl methyl sites for hydroxylation is 1. The lowest BCUT2D eigenvalue weighted by molar-refractivity contribution is 0.0696. The van der Waals surface area contributed by atoms with Crippen LogP contribution in [0.2, 0.25) is 0 Å². The molecule has 0 spiro atoms. The summed E-state index contributed by atoms with van der Waals surface area (Å²) >= 11 is 0. The van der Waals surface area contributed by atoms with Crippen molar-refractivity contribution in [2.75, 3.05) is 6.61 Å². The van der Waals surface area contributed by atoms with Gasteiger partial charge in [-0.15, -0.1) is 0 Å². The zero-order valence-electron chi connectivity index (χ0n) is 9.40. The van der Waals surface area contributed by atoms with E-state index >= 15 is 0 Å². The summed E-state index contributed by atoms with van der Waals surface area (Å²) in [6.45, 7) is 2.62. The minimum atomic E-state index is -0.910. The van der Waals surface area contributed by atoms with Crippen LogP contribution >= 0.6 is 0 Å². The van der Waals surface area contributed by atoms with Gasteiger partial charge in [0.15, 0.2) is 0 Å². The number of benzene rings is 1. The number of carboxylic acids is 1. The second kappa shape index (κ2) is 4.56. The lowest BCUT2D eigenvalue weighted by atomic mass is 10.1. The van der Waals surface area contributed by atoms with Crippen molar-refractivity contribution in [1.29, 1.82) is 0 Å². The summed E-state index contributed by atoms with van der Waals surface area (Å²) in [5.74, 6) is 0.621. The number of carbonyl (C=O) groups is 1. The van der Waals surface area contributed by atoms with Gasteiger partial charge in [-0.05, 0) is 37.0 Å². The minimum absolute atomic E-state index is 0.284. The van der Waals surface area contributed by atoms with Crippen molar-refractivity contribution in [2.24, 2.45) is 5.92 Å². The van der Waals surface area contributed by atoms with Crippen LogP contribution in [-0.2, 0) is 0 Å². The fourth-order valence-electron chi connectivity index (χ4n) is 1.63. The van der Waals surface area contributed by atoms with Gasteiger partial charge in [0.1, 0.15) is 5.75 Å². The van der Waals surface area contributed by atoms with Gasteiger partial charge in [-0.25, -0.2) is 4.79 Å². The smallest absolute Gasteiger partial charge is 0.335 e. The zero-order chi connectivity index (χ0) is 11.5. The van der Waals surface area contributed by atoms with E-state index < -0.39 is 5.97 Å². The number of aromatic carboxylic acids is 1. The molecule has 0 aliphatic heterocycles. The van der Waals surface area contributed by atoms with Gasteiger partial charge in [-0.2, -0.15) is 0 Å². The molecule has 1 fully saturated rings. The lowest BCUT2D eigenvalue weighted by Gasteiger charge is -2.09. The summed E-state index contributed by atoms with van der Waals surface area (Å²) in [7, 11) is 0. The molecule has 0 saturated heterocycles. The molecular weight excluding hydrogens is 204 g/mol. The van der Waals surface area contributed by atoms with Crippen LogP contribution in [-0.4, -0.2) is 17.7 Å². The monoisotopic (exact) mass is 220 g/mol. The van der Waals surface area contributed by atoms with Crippen LogP contribution in [0.5, 0.6) is 5.75 Å². The quantitative estimate of drug-likeness (QED) is 0.829. The van der Waals surface area contributed by atoms with Gasteiger partial charge < -0.3 is 9.84 Å². The largest absolute Gasteiger partial charge is 0.493 e. The molecule has 16 heavy (non-hydrogen) atoms. The molecule has 1 aliphatic rings. The molecule has 0 amide bonds. The van der Waals surface area contributed by atoms with Crippen LogP contribution in [0.4, 0.5) is 0 Å². The third-order valence-electron chi connectivity index (χ3n) is 2.92. The molecule has 1 aromatic rings. The molecule has 0 atom stereocenters. The molecule has 0 bridgehead atoms. The van der Waals surface area contributed by atoms with Crippen molar-refractivity contribution in [1.82, 2.24) is 0 Å². The van der Waals surface area contributed by atoms with Crippen LogP contribution in [0, 0.1) is 12.8 Å². The molecule has 3 nitrogen and oxygen atoms in total. The first-order valence-corrected chi connectivity index (χ1v) is 5.63. The summed E-state index contributed by atoms with van der Waals surface area (Å²) in [5.41, 5.74) is 1.27. The highest BCUT2D eigenvalue weighted by Gasteiger charge is 2.20. The highest BCUT2D eigenvalue weighted by Crippen LogP contribution is 2.32. The Morgan fingerprint density at radius 2 is 2.25 bits per heavy atom. The Kier molecular flexibility index (Phi) is 3.13. The average Bonchev–Trinajstić information content (AvgIpc) is 3.04. The Morgan fingerprint density at radius 3 is 2.88 bits per heavy atom. The molecule has 1 N–H and O–H groups in total. The zero-order valence-corrected chi connectivity index (χ0v) is 9.40. The number of ether oxygens (including phenoxy) is 1. The maximum Gasteiger partial charge on any atom is 0.335 e. The molecule has 0 unspecified atom stereocenters. The van der Waals surface area contributed by atoms with E-state index in [1.165, 1.54) is 12.8 Å². The van der Waals surface area contributed by atoms with Crippen LogP contribution in [0.15, 0.2) is 18.2 Å². The molecule has 0 aromatic heterocycles. The van der Waals surface area contributed by atoms with Gasteiger partial charge in [-0.3, -0.25) is 0 Å². The summed E-state index contributed by atoms with van der Waals surface area (Å²) in [5, 5.41) is 8.87. The van der Waals surface area contributed by atoms with E-state index in [9.17, 15) is 4.79 Å². The SMILES string of the molecule is Cc1ccc(C(=O)O)cc1OCCC1CC1. The Bertz CT molecular complexity index is 394. The van der Waals surface area contributed by atoms with E-state index in [0.717, 1.165) is 17.9 Å². The first-order valence-electron chi connectivity index (χ1n) is 5.63. The highest BCUT2D eigenvalue weighted by atomic mass is 16.5. The summed E-state index contributed by atoms with van der Waals surface area (Å²) in [4.78, 5) is 10.8. The predicted octanol–water partition coefficient (Wildman–Crippen LogP) is 2.87. The standard InChI is InChI=1S/C13H16O3/c1-9-2-5-11(13(14)15)8-12(9)16-7-6-10-3-4-10/h2,5,8,10H,3-4,6-7H2,1H3,(H,14,15). The average molecular weight is 220 g/mol. The van der Waals surface area contributed by atoms with Crippen molar-refractivity contribution < 1.29 is 14.6 Å². The number of hydrogen-bond donors (Lipinski definition) is 1.